The summed E-state index contributed by atoms with van der Waals surface area (Å²) in [6.45, 7) is 2.62. The zero-order valence-corrected chi connectivity index (χ0v) is 17.8. The molecule has 0 spiro atoms. The van der Waals surface area contributed by atoms with Crippen molar-refractivity contribution in [2.75, 3.05) is 19.8 Å². The maximum Gasteiger partial charge on any atom is 0.242 e. The lowest BCUT2D eigenvalue weighted by Gasteiger charge is -2.39. The summed E-state index contributed by atoms with van der Waals surface area (Å²) in [4.78, 5) is -0.0570. The Morgan fingerprint density at radius 2 is 1.79 bits per heavy atom. The second kappa shape index (κ2) is 8.69. The maximum atomic E-state index is 12.9. The number of hydrogen-bond acceptors (Lipinski definition) is 4. The van der Waals surface area contributed by atoms with Gasteiger partial charge in [-0.15, -0.1) is 0 Å². The van der Waals surface area contributed by atoms with Gasteiger partial charge in [0, 0.05) is 24.8 Å². The van der Waals surface area contributed by atoms with Crippen LogP contribution in [0.4, 0.5) is 0 Å². The van der Waals surface area contributed by atoms with Crippen LogP contribution < -0.4 is 4.72 Å². The molecule has 0 amide bonds. The number of aliphatic hydroxyl groups is 1. The Hall–Kier alpha value is -1.15. The van der Waals surface area contributed by atoms with Crippen molar-refractivity contribution in [1.82, 2.24) is 4.72 Å². The van der Waals surface area contributed by atoms with Crippen LogP contribution in [-0.4, -0.2) is 33.3 Å². The minimum absolute atomic E-state index is 0.0393. The highest BCUT2D eigenvalue weighted by molar-refractivity contribution is 7.89. The van der Waals surface area contributed by atoms with Gasteiger partial charge in [0.15, 0.2) is 0 Å². The summed E-state index contributed by atoms with van der Waals surface area (Å²) < 4.78 is 33.8. The molecule has 0 saturated carbocycles. The van der Waals surface area contributed by atoms with Crippen LogP contribution in [0.2, 0.25) is 10.0 Å². The molecular weight excluding hydrogens is 421 g/mol. The molecule has 0 bridgehead atoms. The fraction of sp³-hybridized carbons (Fsp3) is 0.400. The van der Waals surface area contributed by atoms with Gasteiger partial charge in [0.05, 0.1) is 5.02 Å². The zero-order valence-electron chi connectivity index (χ0n) is 15.5. The second-order valence-corrected chi connectivity index (χ2v) is 9.58. The quantitative estimate of drug-likeness (QED) is 0.709. The van der Waals surface area contributed by atoms with Gasteiger partial charge in [0.2, 0.25) is 10.0 Å². The predicted octanol–water partition coefficient (Wildman–Crippen LogP) is 3.89. The van der Waals surface area contributed by atoms with Crippen molar-refractivity contribution in [1.29, 1.82) is 0 Å². The Morgan fingerprint density at radius 1 is 1.14 bits per heavy atom. The molecule has 0 aromatic heterocycles. The van der Waals surface area contributed by atoms with Crippen LogP contribution in [0.3, 0.4) is 0 Å². The Kier molecular flexibility index (Phi) is 6.69. The molecule has 2 N–H and O–H groups in total. The van der Waals surface area contributed by atoms with Crippen molar-refractivity contribution in [2.45, 2.75) is 30.3 Å². The Bertz CT molecular complexity index is 931. The summed E-state index contributed by atoms with van der Waals surface area (Å²) >= 11 is 12.1. The van der Waals surface area contributed by atoms with Gasteiger partial charge in [-0.2, -0.15) is 0 Å². The first kappa shape index (κ1) is 21.6. The molecule has 1 saturated heterocycles. The molecule has 28 heavy (non-hydrogen) atoms. The molecule has 8 heteroatoms. The van der Waals surface area contributed by atoms with E-state index in [4.69, 9.17) is 27.9 Å². The van der Waals surface area contributed by atoms with Crippen LogP contribution in [0.15, 0.2) is 47.4 Å². The number of aryl methyl sites for hydroxylation is 1. The predicted molar refractivity (Wildman–Crippen MR) is 110 cm³/mol. The monoisotopic (exact) mass is 443 g/mol. The van der Waals surface area contributed by atoms with E-state index in [1.54, 1.807) is 6.92 Å². The highest BCUT2D eigenvalue weighted by atomic mass is 35.5. The summed E-state index contributed by atoms with van der Waals surface area (Å²) in [5.74, 6) is -0.131. The van der Waals surface area contributed by atoms with Crippen LogP contribution in [0.5, 0.6) is 0 Å². The molecule has 0 radical (unpaired) electrons. The topological polar surface area (TPSA) is 75.6 Å². The highest BCUT2D eigenvalue weighted by Crippen LogP contribution is 2.36. The number of rotatable bonds is 6. The van der Waals surface area contributed by atoms with Crippen molar-refractivity contribution >= 4 is 33.2 Å². The van der Waals surface area contributed by atoms with Gasteiger partial charge in [-0.05, 0) is 48.9 Å². The fourth-order valence-electron chi connectivity index (χ4n) is 3.50. The van der Waals surface area contributed by atoms with E-state index in [1.165, 1.54) is 12.1 Å². The summed E-state index contributed by atoms with van der Waals surface area (Å²) in [6, 6.07) is 12.0. The normalized spacial score (nSPS) is 18.0. The van der Waals surface area contributed by atoms with Crippen molar-refractivity contribution < 1.29 is 18.3 Å². The lowest BCUT2D eigenvalue weighted by atomic mass is 9.77. The van der Waals surface area contributed by atoms with Gasteiger partial charge in [0.1, 0.15) is 10.5 Å². The first-order chi connectivity index (χ1) is 13.2. The Morgan fingerprint density at radius 3 is 2.43 bits per heavy atom. The molecule has 152 valence electrons. The van der Waals surface area contributed by atoms with E-state index in [9.17, 15) is 13.5 Å². The van der Waals surface area contributed by atoms with Gasteiger partial charge in [-0.3, -0.25) is 0 Å². The van der Waals surface area contributed by atoms with Crippen LogP contribution in [0.1, 0.15) is 24.0 Å². The van der Waals surface area contributed by atoms with E-state index in [0.29, 0.717) is 42.2 Å². The molecule has 1 heterocycles. The van der Waals surface area contributed by atoms with Crippen LogP contribution in [-0.2, 0) is 20.4 Å². The summed E-state index contributed by atoms with van der Waals surface area (Å²) in [5, 5.41) is 12.0. The second-order valence-electron chi connectivity index (χ2n) is 7.03. The molecular formula is C20H23Cl2NO4S. The molecule has 1 fully saturated rings. The number of nitrogens with one attached hydrogen (secondary N) is 1. The van der Waals surface area contributed by atoms with E-state index >= 15 is 0 Å². The standard InChI is InChI=1S/C20H23Cl2NO4S/c1-14-11-19(18(22)12-17(14)21)28(25,26)23-13-20(24,15-5-3-2-4-6-15)16-7-9-27-10-8-16/h2-6,11-12,16,23-24H,7-10,13H2,1H3. The molecule has 1 aliphatic rings. The number of ether oxygens (including phenoxy) is 1. The van der Waals surface area contributed by atoms with E-state index in [-0.39, 0.29) is 22.4 Å². The van der Waals surface area contributed by atoms with Crippen molar-refractivity contribution in [3.63, 3.8) is 0 Å². The summed E-state index contributed by atoms with van der Waals surface area (Å²) in [7, 11) is -3.94. The van der Waals surface area contributed by atoms with E-state index in [1.807, 2.05) is 30.3 Å². The van der Waals surface area contributed by atoms with Gasteiger partial charge >= 0.3 is 0 Å². The molecule has 1 atom stereocenters. The third-order valence-corrected chi connectivity index (χ3v) is 7.48. The minimum Gasteiger partial charge on any atom is -0.383 e. The van der Waals surface area contributed by atoms with E-state index in [2.05, 4.69) is 4.72 Å². The third kappa shape index (κ3) is 4.53. The smallest absolute Gasteiger partial charge is 0.242 e. The Labute approximate surface area is 175 Å². The number of hydrogen-bond donors (Lipinski definition) is 2. The van der Waals surface area contributed by atoms with Gasteiger partial charge in [-0.1, -0.05) is 53.5 Å². The zero-order chi connectivity index (χ0) is 20.4. The molecule has 5 nitrogen and oxygen atoms in total. The van der Waals surface area contributed by atoms with Crippen molar-refractivity contribution in [3.8, 4) is 0 Å². The van der Waals surface area contributed by atoms with Crippen LogP contribution >= 0.6 is 23.2 Å². The van der Waals surface area contributed by atoms with Crippen LogP contribution in [0.25, 0.3) is 0 Å². The molecule has 3 rings (SSSR count). The first-order valence-corrected chi connectivity index (χ1v) is 11.3. The number of benzene rings is 2. The number of sulfonamides is 1. The fourth-order valence-corrected chi connectivity index (χ4v) is 5.40. The lowest BCUT2D eigenvalue weighted by molar-refractivity contribution is -0.0663. The molecule has 1 aliphatic heterocycles. The van der Waals surface area contributed by atoms with Crippen LogP contribution in [0, 0.1) is 12.8 Å². The van der Waals surface area contributed by atoms with Gasteiger partial charge in [-0.25, -0.2) is 13.1 Å². The van der Waals surface area contributed by atoms with E-state index < -0.39 is 15.6 Å². The average Bonchev–Trinajstić information content (AvgIpc) is 2.70. The van der Waals surface area contributed by atoms with Crippen molar-refractivity contribution in [3.05, 3.63) is 63.6 Å². The number of halogens is 2. The summed E-state index contributed by atoms with van der Waals surface area (Å²) in [5.41, 5.74) is -0.0799. The summed E-state index contributed by atoms with van der Waals surface area (Å²) in [6.07, 6.45) is 1.29. The average molecular weight is 444 g/mol. The lowest BCUT2D eigenvalue weighted by Crippen LogP contribution is -2.47. The first-order valence-electron chi connectivity index (χ1n) is 9.05. The third-order valence-electron chi connectivity index (χ3n) is 5.20. The van der Waals surface area contributed by atoms with Gasteiger partial charge < -0.3 is 9.84 Å². The highest BCUT2D eigenvalue weighted by Gasteiger charge is 2.40. The molecule has 0 aliphatic carbocycles. The maximum absolute atomic E-state index is 12.9. The minimum atomic E-state index is -3.94. The molecule has 2 aromatic rings. The van der Waals surface area contributed by atoms with Crippen molar-refractivity contribution in [2.24, 2.45) is 5.92 Å². The van der Waals surface area contributed by atoms with Gasteiger partial charge in [0.25, 0.3) is 0 Å². The van der Waals surface area contributed by atoms with E-state index in [0.717, 1.165) is 0 Å². The SMILES string of the molecule is Cc1cc(S(=O)(=O)NCC(O)(c2ccccc2)C2CCOCC2)c(Cl)cc1Cl. The molecule has 2 aromatic carbocycles. The Balaban J connectivity index is 1.90. The molecule has 1 unspecified atom stereocenters. The largest absolute Gasteiger partial charge is 0.383 e.